The van der Waals surface area contributed by atoms with E-state index < -0.39 is 6.10 Å². The molecule has 0 aromatic rings. The Balaban J connectivity index is 4.56. The molecule has 0 aliphatic carbocycles. The van der Waals surface area contributed by atoms with Crippen LogP contribution in [0.4, 0.5) is 0 Å². The molecule has 6 heteroatoms. The molecule has 68 heavy (non-hydrogen) atoms. The molecule has 0 aliphatic heterocycles. The van der Waals surface area contributed by atoms with Gasteiger partial charge in [0.1, 0.15) is 13.2 Å². The summed E-state index contributed by atoms with van der Waals surface area (Å²) in [5.41, 5.74) is 0. The van der Waals surface area contributed by atoms with E-state index in [1.165, 1.54) is 64.2 Å². The SMILES string of the molecule is CC/C=C\C/C=C\C/C=C\C/C=C\CCCCCC(=O)OC(COC(=O)CCCCC/C=C\C=C/CCCCCCCCC)COC(=O)CCCCCCC\C=C/C=C\C=C/C=C\CCCCC. The summed E-state index contributed by atoms with van der Waals surface area (Å²) >= 11 is 0. The Hall–Kier alpha value is -4.19. The van der Waals surface area contributed by atoms with Gasteiger partial charge in [0, 0.05) is 19.3 Å². The van der Waals surface area contributed by atoms with E-state index in [0.29, 0.717) is 19.3 Å². The number of carbonyl (C=O) groups excluding carboxylic acids is 3. The molecule has 1 unspecified atom stereocenters. The van der Waals surface area contributed by atoms with Crippen LogP contribution in [0.3, 0.4) is 0 Å². The summed E-state index contributed by atoms with van der Waals surface area (Å²) in [6.07, 6.45) is 76.1. The van der Waals surface area contributed by atoms with Crippen molar-refractivity contribution in [1.29, 1.82) is 0 Å². The maximum absolute atomic E-state index is 12.8. The summed E-state index contributed by atoms with van der Waals surface area (Å²) in [5, 5.41) is 0. The van der Waals surface area contributed by atoms with E-state index in [1.54, 1.807) is 0 Å². The van der Waals surface area contributed by atoms with Crippen molar-refractivity contribution in [2.45, 2.75) is 239 Å². The van der Waals surface area contributed by atoms with Gasteiger partial charge in [0.05, 0.1) is 0 Å². The van der Waals surface area contributed by atoms with Crippen LogP contribution in [-0.4, -0.2) is 37.2 Å². The Morgan fingerprint density at radius 3 is 1.09 bits per heavy atom. The predicted octanol–water partition coefficient (Wildman–Crippen LogP) is 18.5. The molecule has 0 bridgehead atoms. The maximum atomic E-state index is 12.8. The molecule has 1 atom stereocenters. The van der Waals surface area contributed by atoms with Crippen LogP contribution in [-0.2, 0) is 28.6 Å². The normalized spacial score (nSPS) is 13.0. The van der Waals surface area contributed by atoms with Gasteiger partial charge in [-0.15, -0.1) is 0 Å². The first-order valence-electron chi connectivity index (χ1n) is 27.6. The molecule has 0 aromatic carbocycles. The standard InChI is InChI=1S/C62H100O6/c1-4-7-10-13-16-19-22-25-28-31-32-35-37-40-43-46-49-52-55-61(64)67-58-59(68-62(65)56-53-50-47-44-41-38-34-30-27-24-21-18-15-12-9-6-3)57-66-60(63)54-51-48-45-42-39-36-33-29-26-23-20-17-14-11-8-5-2/h9,12,16,18-19,21-22,25,27-33,35-36,38-39,41,59H,4-8,10-11,13-15,17,20,23-24,26,34,37,40,42-58H2,1-3H3/b12-9-,19-16-,21-18-,25-22-,30-27-,31-28-,33-29-,35-32-,39-36-,41-38-. The van der Waals surface area contributed by atoms with Gasteiger partial charge in [-0.25, -0.2) is 0 Å². The van der Waals surface area contributed by atoms with Gasteiger partial charge in [0.2, 0.25) is 0 Å². The molecule has 0 radical (unpaired) electrons. The van der Waals surface area contributed by atoms with Gasteiger partial charge >= 0.3 is 17.9 Å². The first kappa shape index (κ1) is 63.8. The van der Waals surface area contributed by atoms with E-state index in [1.807, 2.05) is 0 Å². The van der Waals surface area contributed by atoms with Crippen molar-refractivity contribution in [1.82, 2.24) is 0 Å². The Bertz CT molecular complexity index is 1450. The third-order valence-electron chi connectivity index (χ3n) is 11.3. The Morgan fingerprint density at radius 1 is 0.324 bits per heavy atom. The fraction of sp³-hybridized carbons (Fsp3) is 0.629. The molecule has 384 valence electrons. The average Bonchev–Trinajstić information content (AvgIpc) is 3.34. The maximum Gasteiger partial charge on any atom is 0.306 e. The van der Waals surface area contributed by atoms with Gasteiger partial charge in [0.25, 0.3) is 0 Å². The van der Waals surface area contributed by atoms with Crippen LogP contribution in [0.2, 0.25) is 0 Å². The van der Waals surface area contributed by atoms with Gasteiger partial charge in [-0.3, -0.25) is 14.4 Å². The molecule has 0 saturated carbocycles. The minimum absolute atomic E-state index is 0.115. The monoisotopic (exact) mass is 941 g/mol. The van der Waals surface area contributed by atoms with E-state index in [0.717, 1.165) is 122 Å². The number of hydrogen-bond donors (Lipinski definition) is 0. The van der Waals surface area contributed by atoms with Crippen LogP contribution < -0.4 is 0 Å². The second-order valence-electron chi connectivity index (χ2n) is 17.9. The first-order valence-corrected chi connectivity index (χ1v) is 27.6. The molecule has 0 amide bonds. The minimum atomic E-state index is -0.820. The van der Waals surface area contributed by atoms with Crippen LogP contribution in [0.25, 0.3) is 0 Å². The van der Waals surface area contributed by atoms with Gasteiger partial charge < -0.3 is 14.2 Å². The highest BCUT2D eigenvalue weighted by Crippen LogP contribution is 2.13. The summed E-state index contributed by atoms with van der Waals surface area (Å²) < 4.78 is 16.8. The number of ether oxygens (including phenoxy) is 3. The Labute approximate surface area is 418 Å². The molecule has 0 N–H and O–H groups in total. The number of unbranched alkanes of at least 4 members (excludes halogenated alkanes) is 21. The Morgan fingerprint density at radius 2 is 0.632 bits per heavy atom. The van der Waals surface area contributed by atoms with Crippen LogP contribution in [0.5, 0.6) is 0 Å². The molecule has 0 aliphatic rings. The third-order valence-corrected chi connectivity index (χ3v) is 11.3. The smallest absolute Gasteiger partial charge is 0.306 e. The lowest BCUT2D eigenvalue weighted by molar-refractivity contribution is -0.167. The summed E-state index contributed by atoms with van der Waals surface area (Å²) in [4.78, 5) is 38.1. The van der Waals surface area contributed by atoms with E-state index in [9.17, 15) is 14.4 Å². The molecular formula is C62H100O6. The lowest BCUT2D eigenvalue weighted by atomic mass is 10.1. The minimum Gasteiger partial charge on any atom is -0.462 e. The third kappa shape index (κ3) is 52.8. The van der Waals surface area contributed by atoms with Crippen LogP contribution in [0.1, 0.15) is 233 Å². The van der Waals surface area contributed by atoms with Crippen molar-refractivity contribution in [3.63, 3.8) is 0 Å². The molecule has 0 spiro atoms. The van der Waals surface area contributed by atoms with Crippen LogP contribution in [0.15, 0.2) is 122 Å². The topological polar surface area (TPSA) is 78.9 Å². The highest BCUT2D eigenvalue weighted by molar-refractivity contribution is 5.71. The first-order chi connectivity index (χ1) is 33.5. The van der Waals surface area contributed by atoms with Crippen molar-refractivity contribution in [3.05, 3.63) is 122 Å². The fourth-order valence-electron chi connectivity index (χ4n) is 7.14. The molecule has 0 rings (SSSR count). The molecule has 0 saturated heterocycles. The average molecular weight is 941 g/mol. The van der Waals surface area contributed by atoms with Crippen molar-refractivity contribution in [2.24, 2.45) is 0 Å². The van der Waals surface area contributed by atoms with Gasteiger partial charge in [-0.05, 0) is 109 Å². The highest BCUT2D eigenvalue weighted by Gasteiger charge is 2.19. The van der Waals surface area contributed by atoms with Gasteiger partial charge in [-0.1, -0.05) is 226 Å². The largest absolute Gasteiger partial charge is 0.462 e. The molecule has 6 nitrogen and oxygen atoms in total. The number of hydrogen-bond acceptors (Lipinski definition) is 6. The number of esters is 3. The number of carbonyl (C=O) groups is 3. The fourth-order valence-corrected chi connectivity index (χ4v) is 7.14. The zero-order chi connectivity index (χ0) is 49.3. The van der Waals surface area contributed by atoms with Crippen molar-refractivity contribution in [3.8, 4) is 0 Å². The summed E-state index contributed by atoms with van der Waals surface area (Å²) in [7, 11) is 0. The van der Waals surface area contributed by atoms with E-state index in [4.69, 9.17) is 14.2 Å². The molecule has 0 aromatic heterocycles. The quantitative estimate of drug-likeness (QED) is 0.0199. The van der Waals surface area contributed by atoms with Gasteiger partial charge in [-0.2, -0.15) is 0 Å². The molecule has 0 heterocycles. The van der Waals surface area contributed by atoms with Crippen molar-refractivity contribution >= 4 is 17.9 Å². The van der Waals surface area contributed by atoms with E-state index in [2.05, 4.69) is 142 Å². The summed E-state index contributed by atoms with van der Waals surface area (Å²) in [6, 6.07) is 0. The summed E-state index contributed by atoms with van der Waals surface area (Å²) in [5.74, 6) is -0.998. The summed E-state index contributed by atoms with van der Waals surface area (Å²) in [6.45, 7) is 6.40. The zero-order valence-corrected chi connectivity index (χ0v) is 43.8. The Kier molecular flexibility index (Phi) is 52.0. The lowest BCUT2D eigenvalue weighted by Gasteiger charge is -2.18. The molecular weight excluding hydrogens is 841 g/mol. The second-order valence-corrected chi connectivity index (χ2v) is 17.9. The molecule has 0 fully saturated rings. The van der Waals surface area contributed by atoms with Crippen LogP contribution in [0, 0.1) is 0 Å². The predicted molar refractivity (Wildman–Crippen MR) is 293 cm³/mol. The van der Waals surface area contributed by atoms with E-state index >= 15 is 0 Å². The van der Waals surface area contributed by atoms with Gasteiger partial charge in [0.15, 0.2) is 6.10 Å². The van der Waals surface area contributed by atoms with Crippen molar-refractivity contribution < 1.29 is 28.6 Å². The zero-order valence-electron chi connectivity index (χ0n) is 43.8. The number of allylic oxidation sites excluding steroid dienone is 20. The lowest BCUT2D eigenvalue weighted by Crippen LogP contribution is -2.30. The van der Waals surface area contributed by atoms with Crippen LogP contribution >= 0.6 is 0 Å². The van der Waals surface area contributed by atoms with Crippen molar-refractivity contribution in [2.75, 3.05) is 13.2 Å². The van der Waals surface area contributed by atoms with E-state index in [-0.39, 0.29) is 37.5 Å². The second kappa shape index (κ2) is 55.4. The highest BCUT2D eigenvalue weighted by atomic mass is 16.6. The number of rotatable bonds is 48.